The molecule has 1 aromatic heterocycles. The van der Waals surface area contributed by atoms with Gasteiger partial charge in [0, 0.05) is 17.8 Å². The Labute approximate surface area is 125 Å². The average Bonchev–Trinajstić information content (AvgIpc) is 3.00. The summed E-state index contributed by atoms with van der Waals surface area (Å²) < 4.78 is 12.8. The van der Waals surface area contributed by atoms with Crippen LogP contribution in [0.25, 0.3) is 0 Å². The van der Waals surface area contributed by atoms with Gasteiger partial charge in [0.15, 0.2) is 0 Å². The van der Waals surface area contributed by atoms with Crippen LogP contribution >= 0.6 is 0 Å². The molecule has 5 nitrogen and oxygen atoms in total. The van der Waals surface area contributed by atoms with Crippen LogP contribution in [0, 0.1) is 0 Å². The number of hydrogen-bond donors (Lipinski definition) is 1. The van der Waals surface area contributed by atoms with E-state index >= 15 is 0 Å². The number of aliphatic hydroxyl groups excluding tert-OH is 1. The molecule has 0 bridgehead atoms. The van der Waals surface area contributed by atoms with Gasteiger partial charge >= 0.3 is 0 Å². The number of aromatic nitrogens is 2. The van der Waals surface area contributed by atoms with Crippen LogP contribution in [0.3, 0.4) is 0 Å². The van der Waals surface area contributed by atoms with Gasteiger partial charge in [-0.15, -0.1) is 0 Å². The van der Waals surface area contributed by atoms with E-state index in [0.29, 0.717) is 29.7 Å². The Hall–Kier alpha value is -2.01. The van der Waals surface area contributed by atoms with Crippen LogP contribution in [0.5, 0.6) is 11.5 Å². The second kappa shape index (κ2) is 7.13. The first-order valence-electron chi connectivity index (χ1n) is 7.12. The summed E-state index contributed by atoms with van der Waals surface area (Å²) in [6.07, 6.45) is 3.00. The summed E-state index contributed by atoms with van der Waals surface area (Å²) in [5.74, 6) is 1.35. The summed E-state index contributed by atoms with van der Waals surface area (Å²) in [6.45, 7) is 4.55. The van der Waals surface area contributed by atoms with Gasteiger partial charge < -0.3 is 14.6 Å². The molecule has 0 amide bonds. The maximum absolute atomic E-state index is 9.39. The summed E-state index contributed by atoms with van der Waals surface area (Å²) in [6, 6.07) is 7.72. The molecule has 0 aliphatic heterocycles. The van der Waals surface area contributed by atoms with Crippen molar-refractivity contribution in [1.82, 2.24) is 9.78 Å². The molecule has 0 aliphatic rings. The maximum Gasteiger partial charge on any atom is 0.132 e. The predicted octanol–water partition coefficient (Wildman–Crippen LogP) is 2.93. The van der Waals surface area contributed by atoms with Gasteiger partial charge in [0.1, 0.15) is 18.1 Å². The molecule has 5 heteroatoms. The van der Waals surface area contributed by atoms with E-state index in [1.807, 2.05) is 23.0 Å². The second-order valence-electron chi connectivity index (χ2n) is 4.96. The number of aliphatic hydroxyl groups is 1. The summed E-state index contributed by atoms with van der Waals surface area (Å²) in [7, 11) is 1.60. The lowest BCUT2D eigenvalue weighted by Gasteiger charge is -2.11. The number of methoxy groups -OCH3 is 1. The van der Waals surface area contributed by atoms with Crippen molar-refractivity contribution in [2.24, 2.45) is 0 Å². The summed E-state index contributed by atoms with van der Waals surface area (Å²) in [5.41, 5.74) is 1.57. The van der Waals surface area contributed by atoms with Crippen molar-refractivity contribution in [3.63, 3.8) is 0 Å². The van der Waals surface area contributed by atoms with Crippen LogP contribution in [0.15, 0.2) is 30.5 Å². The van der Waals surface area contributed by atoms with E-state index in [4.69, 9.17) is 9.47 Å². The van der Waals surface area contributed by atoms with Crippen molar-refractivity contribution in [2.45, 2.75) is 39.5 Å². The van der Waals surface area contributed by atoms with Gasteiger partial charge in [-0.25, -0.2) is 0 Å². The van der Waals surface area contributed by atoms with Gasteiger partial charge in [-0.1, -0.05) is 6.92 Å². The Morgan fingerprint density at radius 3 is 2.81 bits per heavy atom. The molecule has 114 valence electrons. The fraction of sp³-hybridized carbons (Fsp3) is 0.438. The van der Waals surface area contributed by atoms with E-state index in [1.165, 1.54) is 0 Å². The molecule has 0 saturated carbocycles. The Kier molecular flexibility index (Phi) is 5.22. The van der Waals surface area contributed by atoms with Gasteiger partial charge in [-0.2, -0.15) is 5.10 Å². The van der Waals surface area contributed by atoms with Crippen LogP contribution in [0.2, 0.25) is 0 Å². The Balaban J connectivity index is 2.04. The number of benzene rings is 1. The fourth-order valence-corrected chi connectivity index (χ4v) is 1.99. The van der Waals surface area contributed by atoms with E-state index in [1.54, 1.807) is 19.2 Å². The number of hydrogen-bond acceptors (Lipinski definition) is 4. The zero-order valence-electron chi connectivity index (χ0n) is 12.7. The van der Waals surface area contributed by atoms with Crippen LogP contribution in [-0.4, -0.2) is 22.0 Å². The highest BCUT2D eigenvalue weighted by molar-refractivity contribution is 5.39. The molecule has 1 heterocycles. The number of nitrogens with zero attached hydrogens (tertiary/aromatic N) is 2. The lowest BCUT2D eigenvalue weighted by molar-refractivity contribution is 0.255. The normalized spacial score (nSPS) is 12.2. The van der Waals surface area contributed by atoms with Crippen molar-refractivity contribution < 1.29 is 14.6 Å². The van der Waals surface area contributed by atoms with Gasteiger partial charge in [0.25, 0.3) is 0 Å². The highest BCUT2D eigenvalue weighted by atomic mass is 16.5. The average molecular weight is 290 g/mol. The predicted molar refractivity (Wildman–Crippen MR) is 80.5 cm³/mol. The van der Waals surface area contributed by atoms with Gasteiger partial charge in [0.2, 0.25) is 0 Å². The molecule has 0 radical (unpaired) electrons. The first-order chi connectivity index (χ1) is 10.2. The first-order valence-corrected chi connectivity index (χ1v) is 7.12. The minimum Gasteiger partial charge on any atom is -0.497 e. The minimum absolute atomic E-state index is 0.0894. The van der Waals surface area contributed by atoms with E-state index in [-0.39, 0.29) is 6.61 Å². The molecule has 0 fully saturated rings. The molecule has 1 N–H and O–H groups in total. The third kappa shape index (κ3) is 3.76. The van der Waals surface area contributed by atoms with Crippen LogP contribution in [-0.2, 0) is 13.2 Å². The zero-order valence-corrected chi connectivity index (χ0v) is 12.7. The molecule has 0 saturated heterocycles. The lowest BCUT2D eigenvalue weighted by atomic mass is 10.2. The third-order valence-corrected chi connectivity index (χ3v) is 3.52. The van der Waals surface area contributed by atoms with Crippen molar-refractivity contribution in [3.05, 3.63) is 41.7 Å². The standard InChI is InChI=1S/C16H22N2O3/c1-4-12(2)18-8-7-14(17-18)11-21-16-6-5-15(20-3)9-13(16)10-19/h5-9,12,19H,4,10-11H2,1-3H3. The van der Waals surface area contributed by atoms with Gasteiger partial charge in [-0.3, -0.25) is 4.68 Å². The minimum atomic E-state index is -0.0894. The lowest BCUT2D eigenvalue weighted by Crippen LogP contribution is -2.06. The number of ether oxygens (including phenoxy) is 2. The van der Waals surface area contributed by atoms with Crippen molar-refractivity contribution in [3.8, 4) is 11.5 Å². The van der Waals surface area contributed by atoms with Crippen molar-refractivity contribution in [2.75, 3.05) is 7.11 Å². The molecule has 1 aromatic carbocycles. The van der Waals surface area contributed by atoms with E-state index in [9.17, 15) is 5.11 Å². The topological polar surface area (TPSA) is 56.5 Å². The molecular formula is C16H22N2O3. The first kappa shape index (κ1) is 15.4. The molecular weight excluding hydrogens is 268 g/mol. The Morgan fingerprint density at radius 1 is 1.33 bits per heavy atom. The summed E-state index contributed by atoms with van der Waals surface area (Å²) in [5, 5.41) is 13.9. The molecule has 1 atom stereocenters. The quantitative estimate of drug-likeness (QED) is 0.852. The van der Waals surface area contributed by atoms with Gasteiger partial charge in [-0.05, 0) is 37.6 Å². The van der Waals surface area contributed by atoms with E-state index < -0.39 is 0 Å². The fourth-order valence-electron chi connectivity index (χ4n) is 1.99. The summed E-state index contributed by atoms with van der Waals surface area (Å²) in [4.78, 5) is 0. The number of rotatable bonds is 7. The Bertz CT molecular complexity index is 581. The van der Waals surface area contributed by atoms with Crippen LogP contribution in [0.1, 0.15) is 37.6 Å². The third-order valence-electron chi connectivity index (χ3n) is 3.52. The van der Waals surface area contributed by atoms with Crippen LogP contribution < -0.4 is 9.47 Å². The molecule has 21 heavy (non-hydrogen) atoms. The van der Waals surface area contributed by atoms with E-state index in [0.717, 1.165) is 12.1 Å². The van der Waals surface area contributed by atoms with Crippen molar-refractivity contribution >= 4 is 0 Å². The molecule has 2 aromatic rings. The molecule has 1 unspecified atom stereocenters. The van der Waals surface area contributed by atoms with Crippen molar-refractivity contribution in [1.29, 1.82) is 0 Å². The van der Waals surface area contributed by atoms with E-state index in [2.05, 4.69) is 18.9 Å². The molecule has 0 aliphatic carbocycles. The summed E-state index contributed by atoms with van der Waals surface area (Å²) >= 11 is 0. The molecule has 0 spiro atoms. The maximum atomic E-state index is 9.39. The smallest absolute Gasteiger partial charge is 0.132 e. The Morgan fingerprint density at radius 2 is 2.14 bits per heavy atom. The van der Waals surface area contributed by atoms with Crippen LogP contribution in [0.4, 0.5) is 0 Å². The second-order valence-corrected chi connectivity index (χ2v) is 4.96. The molecule has 2 rings (SSSR count). The van der Waals surface area contributed by atoms with Gasteiger partial charge in [0.05, 0.1) is 19.4 Å². The highest BCUT2D eigenvalue weighted by Crippen LogP contribution is 2.25. The monoisotopic (exact) mass is 290 g/mol. The zero-order chi connectivity index (χ0) is 15.2. The largest absolute Gasteiger partial charge is 0.497 e. The SMILES string of the molecule is CCC(C)n1ccc(COc2ccc(OC)cc2CO)n1. The highest BCUT2D eigenvalue weighted by Gasteiger charge is 2.08.